The number of hydrogen-bond donors (Lipinski definition) is 1. The van der Waals surface area contributed by atoms with Crippen LogP contribution in [0.4, 0.5) is 11.5 Å². The van der Waals surface area contributed by atoms with Crippen molar-refractivity contribution in [3.63, 3.8) is 0 Å². The fourth-order valence-corrected chi connectivity index (χ4v) is 1.50. The van der Waals surface area contributed by atoms with E-state index in [1.807, 2.05) is 18.2 Å². The van der Waals surface area contributed by atoms with Crippen molar-refractivity contribution in [1.29, 1.82) is 0 Å². The van der Waals surface area contributed by atoms with Crippen LogP contribution in [0.1, 0.15) is 10.5 Å². The quantitative estimate of drug-likeness (QED) is 0.891. The third kappa shape index (κ3) is 2.45. The van der Waals surface area contributed by atoms with E-state index in [1.165, 1.54) is 4.90 Å². The van der Waals surface area contributed by atoms with Crippen molar-refractivity contribution >= 4 is 17.4 Å². The van der Waals surface area contributed by atoms with Gasteiger partial charge in [0.1, 0.15) is 11.5 Å². The number of nitrogens with one attached hydrogen (secondary N) is 1. The second kappa shape index (κ2) is 5.27. The number of hydrogen-bond acceptors (Lipinski definition) is 4. The van der Waals surface area contributed by atoms with Gasteiger partial charge in [-0.15, -0.1) is 0 Å². The van der Waals surface area contributed by atoms with Crippen LogP contribution in [0.3, 0.4) is 0 Å². The van der Waals surface area contributed by atoms with Crippen LogP contribution in [0.5, 0.6) is 0 Å². The van der Waals surface area contributed by atoms with Gasteiger partial charge in [-0.05, 0) is 24.3 Å². The van der Waals surface area contributed by atoms with Crippen molar-refractivity contribution < 1.29 is 4.79 Å². The summed E-state index contributed by atoms with van der Waals surface area (Å²) < 4.78 is 0. The maximum atomic E-state index is 12.1. The molecule has 0 saturated heterocycles. The lowest BCUT2D eigenvalue weighted by molar-refractivity contribution is 0.0987. The topological polar surface area (TPSA) is 58.1 Å². The van der Waals surface area contributed by atoms with Crippen molar-refractivity contribution in [2.75, 3.05) is 24.3 Å². The Hall–Kier alpha value is -2.43. The summed E-state index contributed by atoms with van der Waals surface area (Å²) in [4.78, 5) is 21.9. The van der Waals surface area contributed by atoms with Gasteiger partial charge in [-0.2, -0.15) is 0 Å². The van der Waals surface area contributed by atoms with E-state index < -0.39 is 0 Å². The van der Waals surface area contributed by atoms with Gasteiger partial charge in [-0.25, -0.2) is 9.97 Å². The summed E-state index contributed by atoms with van der Waals surface area (Å²) in [5.41, 5.74) is 1.26. The Bertz CT molecular complexity index is 524. The smallest absolute Gasteiger partial charge is 0.277 e. The van der Waals surface area contributed by atoms with Gasteiger partial charge in [0.15, 0.2) is 0 Å². The third-order valence-corrected chi connectivity index (χ3v) is 2.57. The maximum Gasteiger partial charge on any atom is 0.277 e. The summed E-state index contributed by atoms with van der Waals surface area (Å²) >= 11 is 0. The molecule has 0 spiro atoms. The molecular weight excluding hydrogens is 228 g/mol. The summed E-state index contributed by atoms with van der Waals surface area (Å²) in [6, 6.07) is 8.92. The molecule has 0 radical (unpaired) electrons. The molecule has 0 aliphatic heterocycles. The molecule has 5 nitrogen and oxygen atoms in total. The monoisotopic (exact) mass is 242 g/mol. The summed E-state index contributed by atoms with van der Waals surface area (Å²) in [5.74, 6) is 0.415. The van der Waals surface area contributed by atoms with E-state index in [4.69, 9.17) is 0 Å². The third-order valence-electron chi connectivity index (χ3n) is 2.57. The highest BCUT2D eigenvalue weighted by Gasteiger charge is 2.15. The summed E-state index contributed by atoms with van der Waals surface area (Å²) in [5, 5.41) is 2.95. The van der Waals surface area contributed by atoms with E-state index in [9.17, 15) is 4.79 Å². The minimum atomic E-state index is -0.184. The van der Waals surface area contributed by atoms with E-state index in [2.05, 4.69) is 15.3 Å². The fraction of sp³-hybridized carbons (Fsp3) is 0.154. The van der Waals surface area contributed by atoms with Gasteiger partial charge in [-0.1, -0.05) is 6.07 Å². The summed E-state index contributed by atoms with van der Waals surface area (Å²) in [6.07, 6.45) is 3.27. The normalized spacial score (nSPS) is 9.89. The Labute approximate surface area is 105 Å². The Morgan fingerprint density at radius 2 is 2.06 bits per heavy atom. The van der Waals surface area contributed by atoms with Gasteiger partial charge in [0.05, 0.1) is 11.9 Å². The van der Waals surface area contributed by atoms with Crippen LogP contribution in [0.2, 0.25) is 0 Å². The standard InChI is InChI=1S/C13H14N4O/c1-14-10-6-7-11(16-9-10)13(18)17(2)12-5-3-4-8-15-12/h3-9,14H,1-2H3. The van der Waals surface area contributed by atoms with Crippen LogP contribution in [-0.2, 0) is 0 Å². The zero-order chi connectivity index (χ0) is 13.0. The van der Waals surface area contributed by atoms with Crippen LogP contribution in [0.25, 0.3) is 0 Å². The lowest BCUT2D eigenvalue weighted by Crippen LogP contribution is -2.27. The van der Waals surface area contributed by atoms with Gasteiger partial charge in [0, 0.05) is 20.3 Å². The first-order valence-corrected chi connectivity index (χ1v) is 5.55. The molecule has 0 unspecified atom stereocenters. The minimum absolute atomic E-state index is 0.184. The van der Waals surface area contributed by atoms with Gasteiger partial charge >= 0.3 is 0 Å². The molecule has 2 aromatic rings. The average Bonchev–Trinajstić information content (AvgIpc) is 2.47. The number of carbonyl (C=O) groups is 1. The number of aromatic nitrogens is 2. The largest absolute Gasteiger partial charge is 0.387 e. The molecule has 1 N–H and O–H groups in total. The predicted octanol–water partition coefficient (Wildman–Crippen LogP) is 1.79. The second-order valence-corrected chi connectivity index (χ2v) is 3.73. The number of pyridine rings is 2. The van der Waals surface area contributed by atoms with Crippen molar-refractivity contribution in [1.82, 2.24) is 9.97 Å². The summed E-state index contributed by atoms with van der Waals surface area (Å²) in [6.45, 7) is 0. The van der Waals surface area contributed by atoms with Gasteiger partial charge in [0.25, 0.3) is 5.91 Å². The predicted molar refractivity (Wildman–Crippen MR) is 70.8 cm³/mol. The Morgan fingerprint density at radius 3 is 2.61 bits per heavy atom. The van der Waals surface area contributed by atoms with Crippen LogP contribution in [0.15, 0.2) is 42.7 Å². The molecule has 0 fully saturated rings. The van der Waals surface area contributed by atoms with Gasteiger partial charge in [0.2, 0.25) is 0 Å². The molecule has 5 heteroatoms. The highest BCUT2D eigenvalue weighted by atomic mass is 16.2. The number of rotatable bonds is 3. The molecule has 2 heterocycles. The van der Waals surface area contributed by atoms with Crippen LogP contribution in [0, 0.1) is 0 Å². The highest BCUT2D eigenvalue weighted by molar-refractivity contribution is 6.03. The van der Waals surface area contributed by atoms with E-state index in [0.717, 1.165) is 5.69 Å². The Kier molecular flexibility index (Phi) is 3.52. The molecule has 0 aliphatic carbocycles. The molecule has 2 aromatic heterocycles. The highest BCUT2D eigenvalue weighted by Crippen LogP contribution is 2.12. The Morgan fingerprint density at radius 1 is 1.22 bits per heavy atom. The van der Waals surface area contributed by atoms with E-state index in [1.54, 1.807) is 38.6 Å². The zero-order valence-corrected chi connectivity index (χ0v) is 10.3. The molecule has 0 saturated carbocycles. The molecule has 0 bridgehead atoms. The number of anilines is 2. The Balaban J connectivity index is 2.20. The maximum absolute atomic E-state index is 12.1. The molecule has 18 heavy (non-hydrogen) atoms. The molecule has 0 atom stereocenters. The van der Waals surface area contributed by atoms with Crippen LogP contribution >= 0.6 is 0 Å². The lowest BCUT2D eigenvalue weighted by Gasteiger charge is -2.15. The van der Waals surface area contributed by atoms with E-state index in [-0.39, 0.29) is 5.91 Å². The molecule has 2 rings (SSSR count). The number of carbonyl (C=O) groups excluding carboxylic acids is 1. The first-order valence-electron chi connectivity index (χ1n) is 5.55. The van der Waals surface area contributed by atoms with Crippen LogP contribution in [-0.4, -0.2) is 30.0 Å². The van der Waals surface area contributed by atoms with Gasteiger partial charge in [-0.3, -0.25) is 9.69 Å². The molecule has 1 amide bonds. The molecule has 0 aliphatic rings. The van der Waals surface area contributed by atoms with E-state index >= 15 is 0 Å². The SMILES string of the molecule is CNc1ccc(C(=O)N(C)c2ccccn2)nc1. The van der Waals surface area contributed by atoms with E-state index in [0.29, 0.717) is 11.5 Å². The van der Waals surface area contributed by atoms with Crippen molar-refractivity contribution in [3.05, 3.63) is 48.4 Å². The zero-order valence-electron chi connectivity index (χ0n) is 10.3. The van der Waals surface area contributed by atoms with Crippen molar-refractivity contribution in [2.45, 2.75) is 0 Å². The lowest BCUT2D eigenvalue weighted by atomic mass is 10.3. The van der Waals surface area contributed by atoms with Crippen LogP contribution < -0.4 is 10.2 Å². The number of nitrogens with zero attached hydrogens (tertiary/aromatic N) is 3. The first-order chi connectivity index (χ1) is 8.72. The van der Waals surface area contributed by atoms with Crippen molar-refractivity contribution in [3.8, 4) is 0 Å². The van der Waals surface area contributed by atoms with Crippen molar-refractivity contribution in [2.24, 2.45) is 0 Å². The second-order valence-electron chi connectivity index (χ2n) is 3.73. The van der Waals surface area contributed by atoms with Gasteiger partial charge < -0.3 is 5.32 Å². The average molecular weight is 242 g/mol. The molecular formula is C13H14N4O. The first kappa shape index (κ1) is 12.0. The molecule has 92 valence electrons. The fourth-order valence-electron chi connectivity index (χ4n) is 1.50. The summed E-state index contributed by atoms with van der Waals surface area (Å²) in [7, 11) is 3.48. The minimum Gasteiger partial charge on any atom is -0.387 e. The number of amides is 1. The molecule has 0 aromatic carbocycles.